The van der Waals surface area contributed by atoms with Crippen LogP contribution in [0.3, 0.4) is 0 Å². The molecule has 2 aromatic carbocycles. The molecule has 3 rings (SSSR count). The summed E-state index contributed by atoms with van der Waals surface area (Å²) in [5, 5.41) is 11.2. The van der Waals surface area contributed by atoms with E-state index in [1.807, 2.05) is 36.4 Å². The van der Waals surface area contributed by atoms with Gasteiger partial charge in [0, 0.05) is 24.0 Å². The minimum absolute atomic E-state index is 0.0318. The van der Waals surface area contributed by atoms with Gasteiger partial charge < -0.3 is 4.74 Å². The number of allylic oxidation sites excluding steroid dienone is 2. The van der Waals surface area contributed by atoms with Gasteiger partial charge in [0.1, 0.15) is 17.7 Å². The highest BCUT2D eigenvalue weighted by Gasteiger charge is 2.52. The van der Waals surface area contributed by atoms with Gasteiger partial charge in [-0.1, -0.05) is 48.6 Å². The number of hydrogen-bond donors (Lipinski definition) is 0. The third-order valence-electron chi connectivity index (χ3n) is 6.28. The maximum absolute atomic E-state index is 11.2. The molecule has 1 aliphatic rings. The second-order valence-electron chi connectivity index (χ2n) is 8.24. The van der Waals surface area contributed by atoms with Crippen LogP contribution in [0.1, 0.15) is 42.7 Å². The maximum atomic E-state index is 11.2. The predicted octanol–water partition coefficient (Wildman–Crippen LogP) is 7.24. The smallest absolute Gasteiger partial charge is 0.497 e. The molecule has 2 aromatic rings. The number of ether oxygens (including phenoxy) is 1. The van der Waals surface area contributed by atoms with Crippen LogP contribution in [0.2, 0.25) is 0 Å². The minimum atomic E-state index is -1.31. The quantitative estimate of drug-likeness (QED) is 0.174. The topological polar surface area (TPSA) is 61.1 Å². The lowest BCUT2D eigenvalue weighted by molar-refractivity contribution is -0.384. The molecule has 0 bridgehead atoms. The molecule has 6 nitrogen and oxygen atoms in total. The standard InChI is InChI=1S/C28H27N3O3/c1-5-20-28(29-2,30-3)27-9-7-6-8-26(27)25(22-13-15-23(16-14-22)31(32)33)19-12-21-10-17-24(34-4)18-11-21/h5,9-19,25-26H,1,6-8,20H2,4H3/b19-12+/t25-,26-/m0/s1. The Hall–Kier alpha value is -4.16. The lowest BCUT2D eigenvalue weighted by atomic mass is 9.70. The fourth-order valence-electron chi connectivity index (χ4n) is 4.53. The van der Waals surface area contributed by atoms with Crippen molar-refractivity contribution in [3.8, 4) is 5.75 Å². The molecule has 0 amide bonds. The molecule has 0 N–H and O–H groups in total. The van der Waals surface area contributed by atoms with Crippen LogP contribution in [0.15, 0.2) is 78.9 Å². The summed E-state index contributed by atoms with van der Waals surface area (Å²) in [5.74, 6) is 0.542. The van der Waals surface area contributed by atoms with Crippen LogP contribution in [0.4, 0.5) is 5.69 Å². The van der Waals surface area contributed by atoms with E-state index in [0.717, 1.165) is 41.7 Å². The predicted molar refractivity (Wildman–Crippen MR) is 134 cm³/mol. The van der Waals surface area contributed by atoms with Gasteiger partial charge in [-0.3, -0.25) is 10.1 Å². The fourth-order valence-corrected chi connectivity index (χ4v) is 4.53. The van der Waals surface area contributed by atoms with E-state index in [4.69, 9.17) is 17.9 Å². The lowest BCUT2D eigenvalue weighted by Gasteiger charge is -2.31. The first-order valence-electron chi connectivity index (χ1n) is 11.1. The second-order valence-corrected chi connectivity index (χ2v) is 8.24. The highest BCUT2D eigenvalue weighted by Crippen LogP contribution is 2.46. The van der Waals surface area contributed by atoms with Crippen LogP contribution in [-0.4, -0.2) is 17.7 Å². The van der Waals surface area contributed by atoms with Gasteiger partial charge in [-0.25, -0.2) is 22.8 Å². The summed E-state index contributed by atoms with van der Waals surface area (Å²) in [6.45, 7) is 19.5. The van der Waals surface area contributed by atoms with E-state index >= 15 is 0 Å². The Bertz CT molecular complexity index is 1150. The van der Waals surface area contributed by atoms with Crippen molar-refractivity contribution in [2.45, 2.75) is 37.3 Å². The third kappa shape index (κ3) is 5.24. The molecule has 0 aliphatic heterocycles. The van der Waals surface area contributed by atoms with E-state index in [2.05, 4.69) is 22.3 Å². The van der Waals surface area contributed by atoms with Gasteiger partial charge in [-0.2, -0.15) is 0 Å². The van der Waals surface area contributed by atoms with Crippen molar-refractivity contribution in [3.63, 3.8) is 0 Å². The van der Waals surface area contributed by atoms with E-state index in [-0.39, 0.29) is 23.9 Å². The summed E-state index contributed by atoms with van der Waals surface area (Å²) in [7, 11) is 1.62. The van der Waals surface area contributed by atoms with E-state index < -0.39 is 10.6 Å². The summed E-state index contributed by atoms with van der Waals surface area (Å²) in [4.78, 5) is 18.3. The zero-order valence-electron chi connectivity index (χ0n) is 19.2. The number of nitrogens with zero attached hydrogens (tertiary/aromatic N) is 3. The van der Waals surface area contributed by atoms with Crippen molar-refractivity contribution < 1.29 is 9.66 Å². The van der Waals surface area contributed by atoms with Crippen molar-refractivity contribution in [1.82, 2.24) is 0 Å². The summed E-state index contributed by atoms with van der Waals surface area (Å²) in [6, 6.07) is 14.3. The maximum Gasteiger partial charge on any atom is 0.509 e. The van der Waals surface area contributed by atoms with Crippen molar-refractivity contribution in [3.05, 3.63) is 123 Å². The zero-order valence-corrected chi connectivity index (χ0v) is 19.2. The Morgan fingerprint density at radius 1 is 1.21 bits per heavy atom. The van der Waals surface area contributed by atoms with Crippen molar-refractivity contribution in [2.24, 2.45) is 5.92 Å². The molecule has 0 radical (unpaired) electrons. The van der Waals surface area contributed by atoms with E-state index in [0.29, 0.717) is 0 Å². The summed E-state index contributed by atoms with van der Waals surface area (Å²) in [5.41, 5.74) is 1.45. The molecular formula is C28H27N3O3. The van der Waals surface area contributed by atoms with Crippen LogP contribution in [0.5, 0.6) is 5.75 Å². The van der Waals surface area contributed by atoms with E-state index in [1.54, 1.807) is 25.3 Å². The Morgan fingerprint density at radius 2 is 1.88 bits per heavy atom. The van der Waals surface area contributed by atoms with Gasteiger partial charge in [-0.15, -0.1) is 6.58 Å². The molecule has 0 unspecified atom stereocenters. The number of rotatable bonds is 9. The molecule has 1 aliphatic carbocycles. The molecule has 172 valence electrons. The van der Waals surface area contributed by atoms with Gasteiger partial charge in [0.25, 0.3) is 5.69 Å². The van der Waals surface area contributed by atoms with E-state index in [9.17, 15) is 10.1 Å². The van der Waals surface area contributed by atoms with Crippen LogP contribution in [0, 0.1) is 29.2 Å². The van der Waals surface area contributed by atoms with Gasteiger partial charge in [0.15, 0.2) is 0 Å². The summed E-state index contributed by atoms with van der Waals surface area (Å²) in [6.07, 6.45) is 10.6. The van der Waals surface area contributed by atoms with Crippen molar-refractivity contribution in [2.75, 3.05) is 7.11 Å². The van der Waals surface area contributed by atoms with Crippen LogP contribution >= 0.6 is 0 Å². The van der Waals surface area contributed by atoms with Gasteiger partial charge in [-0.05, 0) is 42.5 Å². The molecule has 34 heavy (non-hydrogen) atoms. The molecule has 0 saturated heterocycles. The number of nitro groups is 1. The number of methoxy groups -OCH3 is 1. The lowest BCUT2D eigenvalue weighted by Crippen LogP contribution is -2.31. The van der Waals surface area contributed by atoms with Crippen LogP contribution in [0.25, 0.3) is 15.8 Å². The van der Waals surface area contributed by atoms with Gasteiger partial charge in [0.05, 0.1) is 12.0 Å². The molecule has 6 heteroatoms. The molecular weight excluding hydrogens is 426 g/mol. The molecule has 0 saturated carbocycles. The molecule has 2 atom stereocenters. The minimum Gasteiger partial charge on any atom is -0.497 e. The van der Waals surface area contributed by atoms with Crippen molar-refractivity contribution in [1.29, 1.82) is 0 Å². The second kappa shape index (κ2) is 11.1. The molecule has 0 spiro atoms. The first kappa shape index (κ1) is 24.5. The summed E-state index contributed by atoms with van der Waals surface area (Å²) >= 11 is 0. The number of nitro benzene ring substituents is 1. The Kier molecular flexibility index (Phi) is 8.01. The first-order valence-corrected chi connectivity index (χ1v) is 11.1. The van der Waals surface area contributed by atoms with Gasteiger partial charge in [0.2, 0.25) is 0 Å². The third-order valence-corrected chi connectivity index (χ3v) is 6.28. The average Bonchev–Trinajstić information content (AvgIpc) is 2.88. The van der Waals surface area contributed by atoms with Crippen LogP contribution < -0.4 is 4.74 Å². The Balaban J connectivity index is 2.08. The zero-order chi connectivity index (χ0) is 24.6. The number of non-ortho nitro benzene ring substituents is 1. The molecule has 0 aromatic heterocycles. The van der Waals surface area contributed by atoms with Crippen LogP contribution in [-0.2, 0) is 0 Å². The SMILES string of the molecule is [C-]#[N+]C(CC=C)([N+]#[C-])C1=CCCC[C@H]1[C@@H](/C=C/c1ccc(OC)cc1)c1ccc([N+](=O)[O-])cc1. The fraction of sp³-hybridized carbons (Fsp3) is 0.286. The normalized spacial score (nSPS) is 16.7. The summed E-state index contributed by atoms with van der Waals surface area (Å²) < 4.78 is 5.24. The van der Waals surface area contributed by atoms with E-state index in [1.165, 1.54) is 12.1 Å². The Labute approximate surface area is 200 Å². The monoisotopic (exact) mass is 453 g/mol. The van der Waals surface area contributed by atoms with Gasteiger partial charge >= 0.3 is 5.66 Å². The largest absolute Gasteiger partial charge is 0.509 e. The average molecular weight is 454 g/mol. The first-order chi connectivity index (χ1) is 16.5. The number of benzene rings is 2. The molecule has 0 heterocycles. The highest BCUT2D eigenvalue weighted by atomic mass is 16.6. The Morgan fingerprint density at radius 3 is 2.44 bits per heavy atom. The molecule has 0 fully saturated rings. The van der Waals surface area contributed by atoms with Crippen molar-refractivity contribution >= 4 is 11.8 Å². The highest BCUT2D eigenvalue weighted by molar-refractivity contribution is 5.53. The number of hydrogen-bond acceptors (Lipinski definition) is 3.